The molecule has 0 atom stereocenters. The smallest absolute Gasteiger partial charge is 0.173 e. The van der Waals surface area contributed by atoms with E-state index in [9.17, 15) is 0 Å². The number of pyridine rings is 1. The van der Waals surface area contributed by atoms with Crippen molar-refractivity contribution in [2.24, 2.45) is 0 Å². The van der Waals surface area contributed by atoms with Gasteiger partial charge in [-0.2, -0.15) is 0 Å². The maximum Gasteiger partial charge on any atom is 0.173 e. The summed E-state index contributed by atoms with van der Waals surface area (Å²) in [4.78, 5) is 10.2. The monoisotopic (exact) mass is 458 g/mol. The fraction of sp³-hybridized carbons (Fsp3) is 0.259. The molecule has 2 aromatic heterocycles. The zero-order valence-electron chi connectivity index (χ0n) is 19.6. The van der Waals surface area contributed by atoms with E-state index < -0.39 is 0 Å². The molecule has 5 nitrogen and oxygen atoms in total. The summed E-state index contributed by atoms with van der Waals surface area (Å²) in [5, 5.41) is 5.35. The minimum Gasteiger partial charge on any atom is -0.497 e. The van der Waals surface area contributed by atoms with Crippen LogP contribution in [0.5, 0.6) is 5.75 Å². The lowest BCUT2D eigenvalue weighted by Crippen LogP contribution is -2.36. The number of fused-ring (bicyclic) bond motifs is 1. The number of hydrogen-bond donors (Lipinski definition) is 2. The highest BCUT2D eigenvalue weighted by atomic mass is 32.1. The zero-order chi connectivity index (χ0) is 23.4. The number of anilines is 1. The van der Waals surface area contributed by atoms with Crippen molar-refractivity contribution in [2.45, 2.75) is 33.7 Å². The number of aromatic amines is 1. The molecule has 0 spiro atoms. The fourth-order valence-corrected chi connectivity index (χ4v) is 4.41. The van der Waals surface area contributed by atoms with Gasteiger partial charge in [0.15, 0.2) is 5.11 Å². The molecular weight excluding hydrogens is 428 g/mol. The first kappa shape index (κ1) is 22.8. The highest BCUT2D eigenvalue weighted by molar-refractivity contribution is 7.80. The van der Waals surface area contributed by atoms with Crippen LogP contribution < -0.4 is 10.1 Å². The van der Waals surface area contributed by atoms with Crippen molar-refractivity contribution >= 4 is 33.9 Å². The van der Waals surface area contributed by atoms with Crippen LogP contribution in [0.2, 0.25) is 0 Å². The topological polar surface area (TPSA) is 53.2 Å². The normalized spacial score (nSPS) is 10.9. The number of nitrogens with zero attached hydrogens (tertiary/aromatic N) is 2. The lowest BCUT2D eigenvalue weighted by molar-refractivity contribution is 0.415. The van der Waals surface area contributed by atoms with Crippen molar-refractivity contribution in [3.8, 4) is 5.75 Å². The van der Waals surface area contributed by atoms with Gasteiger partial charge in [0, 0.05) is 35.0 Å². The molecule has 0 fully saturated rings. The van der Waals surface area contributed by atoms with E-state index in [0.717, 1.165) is 35.6 Å². The molecule has 0 saturated carbocycles. The zero-order valence-corrected chi connectivity index (χ0v) is 20.4. The first-order valence-electron chi connectivity index (χ1n) is 11.1. The molecule has 0 radical (unpaired) electrons. The van der Waals surface area contributed by atoms with Crippen LogP contribution in [0.25, 0.3) is 10.9 Å². The average molecular weight is 459 g/mol. The van der Waals surface area contributed by atoms with Crippen LogP contribution in [-0.2, 0) is 13.0 Å². The third-order valence-corrected chi connectivity index (χ3v) is 6.31. The van der Waals surface area contributed by atoms with Crippen LogP contribution in [0, 0.1) is 20.8 Å². The summed E-state index contributed by atoms with van der Waals surface area (Å²) in [6.07, 6.45) is 2.67. The molecule has 4 rings (SSSR count). The maximum atomic E-state index is 5.87. The summed E-state index contributed by atoms with van der Waals surface area (Å²) < 4.78 is 5.45. The van der Waals surface area contributed by atoms with Crippen LogP contribution in [0.15, 0.2) is 60.8 Å². The second-order valence-electron chi connectivity index (χ2n) is 8.38. The Hall–Kier alpha value is -3.38. The lowest BCUT2D eigenvalue weighted by atomic mass is 10.1. The maximum absolute atomic E-state index is 5.87. The Kier molecular flexibility index (Phi) is 6.94. The second-order valence-corrected chi connectivity index (χ2v) is 8.77. The Bertz CT molecular complexity index is 1270. The summed E-state index contributed by atoms with van der Waals surface area (Å²) in [5.74, 6) is 0.861. The molecule has 6 heteroatoms. The number of aromatic nitrogens is 2. The summed E-state index contributed by atoms with van der Waals surface area (Å²) in [5.41, 5.74) is 8.00. The van der Waals surface area contributed by atoms with Crippen molar-refractivity contribution in [1.29, 1.82) is 0 Å². The van der Waals surface area contributed by atoms with Crippen LogP contribution in [-0.4, -0.2) is 33.6 Å². The van der Waals surface area contributed by atoms with Gasteiger partial charge in [0.1, 0.15) is 5.75 Å². The van der Waals surface area contributed by atoms with Crippen LogP contribution in [0.3, 0.4) is 0 Å². The summed E-state index contributed by atoms with van der Waals surface area (Å²) in [6.45, 7) is 7.72. The Morgan fingerprint density at radius 1 is 1.09 bits per heavy atom. The predicted molar refractivity (Wildman–Crippen MR) is 140 cm³/mol. The number of benzene rings is 2. The molecule has 2 N–H and O–H groups in total. The van der Waals surface area contributed by atoms with E-state index >= 15 is 0 Å². The molecule has 0 saturated heterocycles. The van der Waals surface area contributed by atoms with E-state index in [4.69, 9.17) is 17.0 Å². The summed E-state index contributed by atoms with van der Waals surface area (Å²) in [7, 11) is 1.70. The Labute approximate surface area is 200 Å². The third kappa shape index (κ3) is 5.34. The van der Waals surface area contributed by atoms with Gasteiger partial charge < -0.3 is 19.9 Å². The van der Waals surface area contributed by atoms with Crippen molar-refractivity contribution in [1.82, 2.24) is 14.9 Å². The van der Waals surface area contributed by atoms with Gasteiger partial charge in [0.25, 0.3) is 0 Å². The SMILES string of the molecule is COc1ccc2[nH]c(C)c(CCN(Cc3ccccn3)C(=S)Nc3ccc(C)cc3C)c2c1. The van der Waals surface area contributed by atoms with Crippen LogP contribution in [0.4, 0.5) is 5.69 Å². The molecule has 0 aliphatic heterocycles. The third-order valence-electron chi connectivity index (χ3n) is 5.95. The van der Waals surface area contributed by atoms with Crippen molar-refractivity contribution < 1.29 is 4.74 Å². The van der Waals surface area contributed by atoms with E-state index in [1.807, 2.05) is 30.5 Å². The first-order chi connectivity index (χ1) is 15.9. The van der Waals surface area contributed by atoms with E-state index in [1.54, 1.807) is 7.11 Å². The van der Waals surface area contributed by atoms with Gasteiger partial charge in [-0.15, -0.1) is 0 Å². The van der Waals surface area contributed by atoms with E-state index in [1.165, 1.54) is 27.8 Å². The first-order valence-corrected chi connectivity index (χ1v) is 11.5. The highest BCUT2D eigenvalue weighted by Crippen LogP contribution is 2.27. The van der Waals surface area contributed by atoms with Crippen LogP contribution >= 0.6 is 12.2 Å². The largest absolute Gasteiger partial charge is 0.497 e. The molecular formula is C27H30N4OS. The lowest BCUT2D eigenvalue weighted by Gasteiger charge is -2.26. The van der Waals surface area contributed by atoms with E-state index in [-0.39, 0.29) is 0 Å². The van der Waals surface area contributed by atoms with E-state index in [0.29, 0.717) is 11.7 Å². The fourth-order valence-electron chi connectivity index (χ4n) is 4.15. The van der Waals surface area contributed by atoms with Crippen molar-refractivity contribution in [3.05, 3.63) is 88.9 Å². The van der Waals surface area contributed by atoms with Gasteiger partial charge in [0.2, 0.25) is 0 Å². The van der Waals surface area contributed by atoms with E-state index in [2.05, 4.69) is 71.3 Å². The van der Waals surface area contributed by atoms with Crippen LogP contribution in [0.1, 0.15) is 28.1 Å². The van der Waals surface area contributed by atoms with Gasteiger partial charge in [-0.3, -0.25) is 4.98 Å². The molecule has 2 aromatic carbocycles. The number of hydrogen-bond acceptors (Lipinski definition) is 3. The number of nitrogens with one attached hydrogen (secondary N) is 2. The molecule has 2 heterocycles. The number of aryl methyl sites for hydroxylation is 3. The molecule has 0 aliphatic carbocycles. The van der Waals surface area contributed by atoms with Gasteiger partial charge in [-0.1, -0.05) is 23.8 Å². The number of H-pyrrole nitrogens is 1. The number of methoxy groups -OCH3 is 1. The number of thiocarbonyl (C=S) groups is 1. The molecule has 0 bridgehead atoms. The van der Waals surface area contributed by atoms with Gasteiger partial charge in [0.05, 0.1) is 19.3 Å². The van der Waals surface area contributed by atoms with Gasteiger partial charge in [-0.25, -0.2) is 0 Å². The molecule has 0 amide bonds. The average Bonchev–Trinajstić information content (AvgIpc) is 3.13. The Balaban J connectivity index is 1.58. The van der Waals surface area contributed by atoms with Gasteiger partial charge in [-0.05, 0) is 86.9 Å². The standard InChI is InChI=1S/C27H30N4OS/c1-18-8-10-25(19(2)15-18)30-27(33)31(17-21-7-5-6-13-28-21)14-12-23-20(3)29-26-11-9-22(32-4)16-24(23)26/h5-11,13,15-16,29H,12,14,17H2,1-4H3,(H,30,33). The number of rotatable bonds is 7. The van der Waals surface area contributed by atoms with Gasteiger partial charge >= 0.3 is 0 Å². The quantitative estimate of drug-likeness (QED) is 0.336. The summed E-state index contributed by atoms with van der Waals surface area (Å²) >= 11 is 5.87. The van der Waals surface area contributed by atoms with Crippen molar-refractivity contribution in [2.75, 3.05) is 19.0 Å². The van der Waals surface area contributed by atoms with Crippen molar-refractivity contribution in [3.63, 3.8) is 0 Å². The predicted octanol–water partition coefficient (Wildman–Crippen LogP) is 5.94. The molecule has 0 unspecified atom stereocenters. The Morgan fingerprint density at radius 2 is 1.94 bits per heavy atom. The molecule has 4 aromatic rings. The molecule has 33 heavy (non-hydrogen) atoms. The molecule has 0 aliphatic rings. The molecule has 170 valence electrons. The number of ether oxygens (including phenoxy) is 1. The Morgan fingerprint density at radius 3 is 2.67 bits per heavy atom. The summed E-state index contributed by atoms with van der Waals surface area (Å²) in [6, 6.07) is 18.5. The minimum absolute atomic E-state index is 0.641. The highest BCUT2D eigenvalue weighted by Gasteiger charge is 2.16. The minimum atomic E-state index is 0.641. The second kappa shape index (κ2) is 10.0.